The van der Waals surface area contributed by atoms with Gasteiger partial charge in [-0.2, -0.15) is 13.2 Å². The van der Waals surface area contributed by atoms with Crippen molar-refractivity contribution >= 4 is 29.4 Å². The third kappa shape index (κ3) is 5.38. The first-order valence-electron chi connectivity index (χ1n) is 11.9. The van der Waals surface area contributed by atoms with E-state index in [-0.39, 0.29) is 45.1 Å². The number of piperidine rings is 1. The Balaban J connectivity index is 1.58. The predicted octanol–water partition coefficient (Wildman–Crippen LogP) is 4.73. The largest absolute Gasteiger partial charge is 0.465 e. The van der Waals surface area contributed by atoms with Crippen LogP contribution in [0.15, 0.2) is 48.7 Å². The molecule has 4 rings (SSSR count). The van der Waals surface area contributed by atoms with Crippen molar-refractivity contribution in [1.82, 2.24) is 14.8 Å². The summed E-state index contributed by atoms with van der Waals surface area (Å²) in [6, 6.07) is 11.4. The molecule has 2 unspecified atom stereocenters. The molecule has 4 atom stereocenters. The number of amides is 2. The molecule has 2 aromatic rings. The van der Waals surface area contributed by atoms with E-state index < -0.39 is 36.1 Å². The van der Waals surface area contributed by atoms with Crippen molar-refractivity contribution in [2.24, 2.45) is 11.8 Å². The maximum atomic E-state index is 14.2. The van der Waals surface area contributed by atoms with Gasteiger partial charge in [0.1, 0.15) is 5.82 Å². The summed E-state index contributed by atoms with van der Waals surface area (Å²) in [6.45, 7) is 1.99. The molecule has 2 aliphatic heterocycles. The third-order valence-electron chi connectivity index (χ3n) is 7.21. The number of likely N-dealkylation sites (tertiary alicyclic amines) is 1. The van der Waals surface area contributed by atoms with Crippen LogP contribution in [0.1, 0.15) is 24.8 Å². The lowest BCUT2D eigenvalue weighted by Gasteiger charge is -2.40. The Labute approximate surface area is 212 Å². The van der Waals surface area contributed by atoms with Crippen molar-refractivity contribution < 1.29 is 27.9 Å². The van der Waals surface area contributed by atoms with Crippen LogP contribution < -0.4 is 4.90 Å². The molecule has 2 amide bonds. The number of carbonyl (C=O) groups is 2. The fourth-order valence-electron chi connectivity index (χ4n) is 5.39. The van der Waals surface area contributed by atoms with E-state index in [0.717, 1.165) is 5.56 Å². The molecule has 0 spiro atoms. The lowest BCUT2D eigenvalue weighted by molar-refractivity contribution is -0.195. The second-order valence-corrected chi connectivity index (χ2v) is 9.65. The minimum Gasteiger partial charge on any atom is -0.465 e. The Kier molecular flexibility index (Phi) is 7.63. The summed E-state index contributed by atoms with van der Waals surface area (Å²) in [4.78, 5) is 33.9. The van der Waals surface area contributed by atoms with Gasteiger partial charge in [-0.15, -0.1) is 0 Å². The van der Waals surface area contributed by atoms with E-state index >= 15 is 0 Å². The highest BCUT2D eigenvalue weighted by Crippen LogP contribution is 2.41. The normalized spacial score (nSPS) is 24.6. The molecule has 1 N–H and O–H groups in total. The summed E-state index contributed by atoms with van der Waals surface area (Å²) in [5, 5.41) is 10.3. The molecule has 0 radical (unpaired) electrons. The SMILES string of the molecule is CCN(C(=O)O)[C@H]1CN(C(=O)C2CCN(c3ccccn3)CC2C(F)(F)F)C[C@@H]1c1ccc(Cl)cc1. The Hall–Kier alpha value is -3.01. The smallest absolute Gasteiger partial charge is 0.407 e. The van der Waals surface area contributed by atoms with Gasteiger partial charge in [0.05, 0.1) is 17.9 Å². The van der Waals surface area contributed by atoms with E-state index in [9.17, 15) is 27.9 Å². The molecule has 194 valence electrons. The van der Waals surface area contributed by atoms with Crippen molar-refractivity contribution in [3.63, 3.8) is 0 Å². The van der Waals surface area contributed by atoms with E-state index in [1.165, 1.54) is 16.0 Å². The van der Waals surface area contributed by atoms with Crippen LogP contribution in [-0.2, 0) is 4.79 Å². The molecule has 2 fully saturated rings. The Morgan fingerprint density at radius 1 is 1.14 bits per heavy atom. The van der Waals surface area contributed by atoms with E-state index in [4.69, 9.17) is 11.6 Å². The molecule has 0 bridgehead atoms. The van der Waals surface area contributed by atoms with Crippen LogP contribution in [0.2, 0.25) is 5.02 Å². The van der Waals surface area contributed by atoms with Gasteiger partial charge < -0.3 is 19.8 Å². The van der Waals surface area contributed by atoms with Gasteiger partial charge in [-0.3, -0.25) is 4.79 Å². The maximum Gasteiger partial charge on any atom is 0.407 e. The number of rotatable bonds is 5. The van der Waals surface area contributed by atoms with Gasteiger partial charge in [-0.25, -0.2) is 9.78 Å². The zero-order chi connectivity index (χ0) is 26.0. The molecule has 1 aromatic carbocycles. The number of pyridine rings is 1. The molecular weight excluding hydrogens is 497 g/mol. The molecule has 3 heterocycles. The number of carboxylic acid groups (broad SMARTS) is 1. The third-order valence-corrected chi connectivity index (χ3v) is 7.46. The van der Waals surface area contributed by atoms with Crippen molar-refractivity contribution in [2.75, 3.05) is 37.6 Å². The standard InChI is InChI=1S/C25H28ClF3N4O3/c1-2-33(24(35)36)21-15-32(13-19(21)16-6-8-17(26)9-7-16)23(34)18-10-12-31(14-20(18)25(27,28)29)22-5-3-4-11-30-22/h3-9,11,18-21H,2,10,12-15H2,1H3,(H,35,36)/t18?,19-,20?,21+/m1/s1. The number of carbonyl (C=O) groups excluding carboxylic acids is 1. The average Bonchev–Trinajstić information content (AvgIpc) is 3.29. The number of likely N-dealkylation sites (N-methyl/N-ethyl adjacent to an activating group) is 1. The number of hydrogen-bond donors (Lipinski definition) is 1. The number of nitrogens with zero attached hydrogens (tertiary/aromatic N) is 4. The monoisotopic (exact) mass is 524 g/mol. The van der Waals surface area contributed by atoms with Crippen molar-refractivity contribution in [3.05, 3.63) is 59.2 Å². The predicted molar refractivity (Wildman–Crippen MR) is 129 cm³/mol. The molecule has 36 heavy (non-hydrogen) atoms. The minimum atomic E-state index is -4.57. The molecule has 7 nitrogen and oxygen atoms in total. The minimum absolute atomic E-state index is 0.0305. The van der Waals surface area contributed by atoms with Gasteiger partial charge in [0, 0.05) is 49.9 Å². The summed E-state index contributed by atoms with van der Waals surface area (Å²) in [7, 11) is 0. The highest BCUT2D eigenvalue weighted by molar-refractivity contribution is 6.30. The number of hydrogen-bond acceptors (Lipinski definition) is 4. The van der Waals surface area contributed by atoms with E-state index in [0.29, 0.717) is 10.8 Å². The van der Waals surface area contributed by atoms with Crippen LogP contribution in [0.3, 0.4) is 0 Å². The number of alkyl halides is 3. The van der Waals surface area contributed by atoms with E-state index in [1.54, 1.807) is 54.3 Å². The average molecular weight is 525 g/mol. The van der Waals surface area contributed by atoms with Crippen LogP contribution >= 0.6 is 11.6 Å². The van der Waals surface area contributed by atoms with Gasteiger partial charge in [0.15, 0.2) is 0 Å². The quantitative estimate of drug-likeness (QED) is 0.611. The van der Waals surface area contributed by atoms with E-state index in [2.05, 4.69) is 4.98 Å². The first-order valence-corrected chi connectivity index (χ1v) is 12.2. The van der Waals surface area contributed by atoms with Crippen LogP contribution in [0.25, 0.3) is 0 Å². The number of anilines is 1. The fourth-order valence-corrected chi connectivity index (χ4v) is 5.52. The molecule has 2 aliphatic rings. The van der Waals surface area contributed by atoms with Crippen LogP contribution in [-0.4, -0.2) is 76.8 Å². The van der Waals surface area contributed by atoms with Gasteiger partial charge in [0.25, 0.3) is 0 Å². The number of halogens is 4. The highest BCUT2D eigenvalue weighted by atomic mass is 35.5. The zero-order valence-electron chi connectivity index (χ0n) is 19.7. The first kappa shape index (κ1) is 26.1. The van der Waals surface area contributed by atoms with Crippen molar-refractivity contribution in [2.45, 2.75) is 31.5 Å². The molecule has 0 aliphatic carbocycles. The first-order chi connectivity index (χ1) is 17.1. The molecule has 1 aromatic heterocycles. The van der Waals surface area contributed by atoms with Gasteiger partial charge in [-0.05, 0) is 43.2 Å². The lowest BCUT2D eigenvalue weighted by Crippen LogP contribution is -2.52. The number of aromatic nitrogens is 1. The van der Waals surface area contributed by atoms with E-state index in [1.807, 2.05) is 0 Å². The summed E-state index contributed by atoms with van der Waals surface area (Å²) in [6.07, 6.45) is -4.15. The molecule has 0 saturated carbocycles. The second kappa shape index (κ2) is 10.5. The Morgan fingerprint density at radius 3 is 2.44 bits per heavy atom. The summed E-state index contributed by atoms with van der Waals surface area (Å²) in [5.41, 5.74) is 0.789. The molecular formula is C25H28ClF3N4O3. The van der Waals surface area contributed by atoms with Gasteiger partial charge in [-0.1, -0.05) is 29.8 Å². The Morgan fingerprint density at radius 2 is 1.86 bits per heavy atom. The van der Waals surface area contributed by atoms with Crippen molar-refractivity contribution in [3.8, 4) is 0 Å². The number of benzene rings is 1. The summed E-state index contributed by atoms with van der Waals surface area (Å²) < 4.78 is 42.5. The van der Waals surface area contributed by atoms with Crippen LogP contribution in [0.4, 0.5) is 23.8 Å². The van der Waals surface area contributed by atoms with Crippen LogP contribution in [0, 0.1) is 11.8 Å². The van der Waals surface area contributed by atoms with Gasteiger partial charge >= 0.3 is 12.3 Å². The summed E-state index contributed by atoms with van der Waals surface area (Å²) >= 11 is 6.01. The summed E-state index contributed by atoms with van der Waals surface area (Å²) in [5.74, 6) is -3.60. The fraction of sp³-hybridized carbons (Fsp3) is 0.480. The van der Waals surface area contributed by atoms with Crippen LogP contribution in [0.5, 0.6) is 0 Å². The highest BCUT2D eigenvalue weighted by Gasteiger charge is 2.52. The Bertz CT molecular complexity index is 1070. The van der Waals surface area contributed by atoms with Crippen molar-refractivity contribution in [1.29, 1.82) is 0 Å². The maximum absolute atomic E-state index is 14.2. The van der Waals surface area contributed by atoms with Gasteiger partial charge in [0.2, 0.25) is 5.91 Å². The second-order valence-electron chi connectivity index (χ2n) is 9.21. The zero-order valence-corrected chi connectivity index (χ0v) is 20.5. The topological polar surface area (TPSA) is 77.0 Å². The lowest BCUT2D eigenvalue weighted by atomic mass is 9.83. The molecule has 11 heteroatoms. The molecule has 2 saturated heterocycles.